The fourth-order valence-corrected chi connectivity index (χ4v) is 5.02. The Labute approximate surface area is 159 Å². The molecule has 0 aromatic heterocycles. The third kappa shape index (κ3) is 3.15. The van der Waals surface area contributed by atoms with Crippen molar-refractivity contribution in [2.45, 2.75) is 44.1 Å². The van der Waals surface area contributed by atoms with Crippen molar-refractivity contribution in [3.63, 3.8) is 0 Å². The number of ketones is 1. The minimum atomic E-state index is -0.0130. The number of hydrogen-bond acceptors (Lipinski definition) is 3. The Morgan fingerprint density at radius 2 is 2.17 bits per heavy atom. The number of rotatable bonds is 4. The van der Waals surface area contributed by atoms with Gasteiger partial charge < -0.3 is 4.90 Å². The average Bonchev–Trinajstić information content (AvgIpc) is 2.93. The number of nitrogens with zero attached hydrogens (tertiary/aromatic N) is 2. The number of fused-ring (bicyclic) bond motifs is 1. The van der Waals surface area contributed by atoms with E-state index >= 15 is 0 Å². The summed E-state index contributed by atoms with van der Waals surface area (Å²) < 4.78 is 1.39. The van der Waals surface area contributed by atoms with E-state index in [0.29, 0.717) is 18.2 Å². The molecule has 0 unspecified atom stereocenters. The van der Waals surface area contributed by atoms with Crippen molar-refractivity contribution in [2.75, 3.05) is 32.1 Å². The van der Waals surface area contributed by atoms with Crippen LogP contribution >= 0.6 is 22.6 Å². The SMILES string of the molecule is C/C=C(\I)CN1CC[C@]2(c3ccccc3N(C)C)CC(=O)CC[C@H]12. The van der Waals surface area contributed by atoms with Crippen LogP contribution in [-0.4, -0.2) is 43.9 Å². The van der Waals surface area contributed by atoms with E-state index in [1.165, 1.54) is 14.8 Å². The molecule has 0 N–H and O–H groups in total. The number of allylic oxidation sites excluding steroid dienone is 1. The number of hydrogen-bond donors (Lipinski definition) is 0. The molecule has 2 atom stereocenters. The van der Waals surface area contributed by atoms with Gasteiger partial charge in [0.25, 0.3) is 0 Å². The van der Waals surface area contributed by atoms with Gasteiger partial charge in [0.15, 0.2) is 0 Å². The smallest absolute Gasteiger partial charge is 0.133 e. The van der Waals surface area contributed by atoms with Crippen molar-refractivity contribution in [2.24, 2.45) is 0 Å². The standard InChI is InChI=1S/C20H27IN2O/c1-4-15(21)14-23-12-11-20(13-16(24)9-10-19(20)23)17-7-5-6-8-18(17)22(2)3/h4-8,19H,9-14H2,1-3H3/b15-4-/t19-,20+/m0/s1. The highest BCUT2D eigenvalue weighted by atomic mass is 127. The molecule has 1 saturated carbocycles. The first-order chi connectivity index (χ1) is 11.5. The first kappa shape index (κ1) is 17.9. The van der Waals surface area contributed by atoms with Gasteiger partial charge >= 0.3 is 0 Å². The molecule has 1 saturated heterocycles. The Morgan fingerprint density at radius 3 is 2.88 bits per heavy atom. The summed E-state index contributed by atoms with van der Waals surface area (Å²) in [6, 6.07) is 9.15. The Hall–Kier alpha value is -0.880. The number of anilines is 1. The lowest BCUT2D eigenvalue weighted by Gasteiger charge is -2.43. The molecule has 1 aliphatic carbocycles. The molecule has 1 aliphatic heterocycles. The first-order valence-electron chi connectivity index (χ1n) is 8.81. The number of halogens is 1. The molecule has 0 amide bonds. The van der Waals surface area contributed by atoms with Crippen LogP contribution in [0.2, 0.25) is 0 Å². The fraction of sp³-hybridized carbons (Fsp3) is 0.550. The monoisotopic (exact) mass is 438 g/mol. The van der Waals surface area contributed by atoms with Crippen LogP contribution in [0.15, 0.2) is 33.9 Å². The molecule has 3 rings (SSSR count). The zero-order valence-corrected chi connectivity index (χ0v) is 17.0. The van der Waals surface area contributed by atoms with Gasteiger partial charge in [0, 0.05) is 54.2 Å². The molecule has 24 heavy (non-hydrogen) atoms. The maximum absolute atomic E-state index is 12.4. The summed E-state index contributed by atoms with van der Waals surface area (Å²) in [6.45, 7) is 4.21. The van der Waals surface area contributed by atoms with Crippen molar-refractivity contribution in [3.8, 4) is 0 Å². The maximum Gasteiger partial charge on any atom is 0.133 e. The third-order valence-electron chi connectivity index (χ3n) is 5.72. The lowest BCUT2D eigenvalue weighted by atomic mass is 9.65. The zero-order chi connectivity index (χ0) is 17.3. The van der Waals surface area contributed by atoms with Crippen LogP contribution in [0.4, 0.5) is 5.69 Å². The normalized spacial score (nSPS) is 28.1. The van der Waals surface area contributed by atoms with Crippen LogP contribution in [0.3, 0.4) is 0 Å². The summed E-state index contributed by atoms with van der Waals surface area (Å²) in [5, 5.41) is 0. The summed E-state index contributed by atoms with van der Waals surface area (Å²) in [5.41, 5.74) is 2.62. The van der Waals surface area contributed by atoms with Crippen molar-refractivity contribution in [3.05, 3.63) is 39.5 Å². The largest absolute Gasteiger partial charge is 0.377 e. The van der Waals surface area contributed by atoms with Crippen molar-refractivity contribution in [1.29, 1.82) is 0 Å². The van der Waals surface area contributed by atoms with E-state index in [-0.39, 0.29) is 5.41 Å². The first-order valence-corrected chi connectivity index (χ1v) is 9.89. The number of benzene rings is 1. The second-order valence-electron chi connectivity index (χ2n) is 7.29. The van der Waals surface area contributed by atoms with Gasteiger partial charge in [0.2, 0.25) is 0 Å². The molecule has 0 bridgehead atoms. The minimum Gasteiger partial charge on any atom is -0.377 e. The predicted octanol–water partition coefficient (Wildman–Crippen LogP) is 4.16. The number of carbonyl (C=O) groups is 1. The highest BCUT2D eigenvalue weighted by Crippen LogP contribution is 2.50. The Kier molecular flexibility index (Phi) is 5.35. The third-order valence-corrected chi connectivity index (χ3v) is 6.69. The summed E-state index contributed by atoms with van der Waals surface area (Å²) in [7, 11) is 4.20. The van der Waals surface area contributed by atoms with E-state index in [2.05, 4.69) is 83.8 Å². The van der Waals surface area contributed by atoms with Gasteiger partial charge in [0.05, 0.1) is 0 Å². The molecule has 1 heterocycles. The molecular formula is C20H27IN2O. The van der Waals surface area contributed by atoms with Gasteiger partial charge in [-0.05, 0) is 60.5 Å². The van der Waals surface area contributed by atoms with Crippen molar-refractivity contribution >= 4 is 34.1 Å². The number of para-hydroxylation sites is 1. The summed E-state index contributed by atoms with van der Waals surface area (Å²) >= 11 is 2.44. The minimum absolute atomic E-state index is 0.0130. The van der Waals surface area contributed by atoms with Gasteiger partial charge in [0.1, 0.15) is 5.78 Å². The van der Waals surface area contributed by atoms with Gasteiger partial charge in [-0.1, -0.05) is 24.3 Å². The van der Waals surface area contributed by atoms with Gasteiger partial charge in [-0.3, -0.25) is 9.69 Å². The highest BCUT2D eigenvalue weighted by Gasteiger charge is 2.52. The topological polar surface area (TPSA) is 23.6 Å². The fourth-order valence-electron chi connectivity index (χ4n) is 4.59. The molecule has 1 aromatic rings. The number of Topliss-reactive ketones (excluding diaryl/α,β-unsaturated/α-hetero) is 1. The lowest BCUT2D eigenvalue weighted by molar-refractivity contribution is -0.122. The second-order valence-corrected chi connectivity index (χ2v) is 8.68. The number of carbonyl (C=O) groups excluding carboxylic acids is 1. The van der Waals surface area contributed by atoms with Crippen LogP contribution in [-0.2, 0) is 10.2 Å². The quantitative estimate of drug-likeness (QED) is 0.660. The highest BCUT2D eigenvalue weighted by molar-refractivity contribution is 14.1. The summed E-state index contributed by atoms with van der Waals surface area (Å²) in [4.78, 5) is 17.2. The van der Waals surface area contributed by atoms with Crippen LogP contribution < -0.4 is 4.90 Å². The Bertz CT molecular complexity index is 655. The zero-order valence-electron chi connectivity index (χ0n) is 14.9. The van der Waals surface area contributed by atoms with E-state index in [1.54, 1.807) is 0 Å². The second kappa shape index (κ2) is 7.16. The van der Waals surface area contributed by atoms with E-state index < -0.39 is 0 Å². The number of likely N-dealkylation sites (tertiary alicyclic amines) is 1. The van der Waals surface area contributed by atoms with Crippen LogP contribution in [0.1, 0.15) is 38.2 Å². The molecular weight excluding hydrogens is 411 g/mol. The molecule has 3 nitrogen and oxygen atoms in total. The van der Waals surface area contributed by atoms with Gasteiger partial charge in [-0.2, -0.15) is 0 Å². The Balaban J connectivity index is 2.03. The van der Waals surface area contributed by atoms with Crippen LogP contribution in [0, 0.1) is 0 Å². The molecule has 4 heteroatoms. The maximum atomic E-state index is 12.4. The van der Waals surface area contributed by atoms with E-state index in [0.717, 1.165) is 32.4 Å². The van der Waals surface area contributed by atoms with Crippen molar-refractivity contribution in [1.82, 2.24) is 4.90 Å². The van der Waals surface area contributed by atoms with E-state index in [4.69, 9.17) is 0 Å². The lowest BCUT2D eigenvalue weighted by Crippen LogP contribution is -2.48. The molecule has 130 valence electrons. The van der Waals surface area contributed by atoms with Crippen LogP contribution in [0.5, 0.6) is 0 Å². The van der Waals surface area contributed by atoms with E-state index in [1.807, 2.05) is 0 Å². The molecule has 0 spiro atoms. The van der Waals surface area contributed by atoms with Crippen molar-refractivity contribution < 1.29 is 4.79 Å². The predicted molar refractivity (Wildman–Crippen MR) is 109 cm³/mol. The van der Waals surface area contributed by atoms with Gasteiger partial charge in [-0.15, -0.1) is 0 Å². The summed E-state index contributed by atoms with van der Waals surface area (Å²) in [5.74, 6) is 0.433. The molecule has 2 aliphatic rings. The van der Waals surface area contributed by atoms with Crippen LogP contribution in [0.25, 0.3) is 0 Å². The summed E-state index contributed by atoms with van der Waals surface area (Å²) in [6.07, 6.45) is 5.71. The Morgan fingerprint density at radius 1 is 1.42 bits per heavy atom. The molecule has 2 fully saturated rings. The molecule has 0 radical (unpaired) electrons. The average molecular weight is 438 g/mol. The van der Waals surface area contributed by atoms with E-state index in [9.17, 15) is 4.79 Å². The van der Waals surface area contributed by atoms with Gasteiger partial charge in [-0.25, -0.2) is 0 Å². The molecule has 1 aromatic carbocycles.